The first-order valence-electron chi connectivity index (χ1n) is 12.8. The first-order valence-corrected chi connectivity index (χ1v) is 14.4. The molecule has 12 nitrogen and oxygen atoms in total. The average Bonchev–Trinajstić information content (AvgIpc) is 3.70. The molecule has 5 rings (SSSR count). The van der Waals surface area contributed by atoms with Crippen molar-refractivity contribution in [3.63, 3.8) is 0 Å². The minimum Gasteiger partial charge on any atom is -0.453 e. The van der Waals surface area contributed by atoms with Crippen LogP contribution in [0.1, 0.15) is 28.0 Å². The third-order valence-corrected chi connectivity index (χ3v) is 7.78. The van der Waals surface area contributed by atoms with E-state index in [1.165, 1.54) is 53.7 Å². The van der Waals surface area contributed by atoms with Crippen LogP contribution in [0.15, 0.2) is 60.2 Å². The maximum Gasteiger partial charge on any atom is 0.411 e. The van der Waals surface area contributed by atoms with Crippen molar-refractivity contribution in [1.82, 2.24) is 40.7 Å². The molecule has 1 atom stereocenters. The molecule has 3 aromatic heterocycles. The van der Waals surface area contributed by atoms with Gasteiger partial charge in [0.25, 0.3) is 0 Å². The smallest absolute Gasteiger partial charge is 0.411 e. The summed E-state index contributed by atoms with van der Waals surface area (Å²) < 4.78 is 20.9. The Hall–Kier alpha value is -4.79. The Morgan fingerprint density at radius 1 is 1.16 bits per heavy atom. The van der Waals surface area contributed by atoms with Crippen LogP contribution in [0.5, 0.6) is 0 Å². The number of aryl methyl sites for hydroxylation is 1. The Kier molecular flexibility index (Phi) is 9.53. The number of amides is 2. The minimum atomic E-state index is -0.737. The second kappa shape index (κ2) is 13.7. The second-order valence-electron chi connectivity index (χ2n) is 9.20. The molecule has 0 aliphatic heterocycles. The van der Waals surface area contributed by atoms with E-state index >= 15 is 4.39 Å². The minimum absolute atomic E-state index is 0.0192. The van der Waals surface area contributed by atoms with Gasteiger partial charge >= 0.3 is 6.09 Å². The van der Waals surface area contributed by atoms with E-state index < -0.39 is 23.9 Å². The van der Waals surface area contributed by atoms with Gasteiger partial charge in [0, 0.05) is 40.4 Å². The molecule has 224 valence electrons. The summed E-state index contributed by atoms with van der Waals surface area (Å²) in [5.41, 5.74) is 3.34. The molecular formula is C28H22Cl2FN9O3S. The molecular weight excluding hydrogens is 632 g/mol. The van der Waals surface area contributed by atoms with Crippen LogP contribution >= 0.6 is 34.5 Å². The highest BCUT2D eigenvalue weighted by molar-refractivity contribution is 7.09. The van der Waals surface area contributed by atoms with E-state index in [2.05, 4.69) is 46.1 Å². The predicted octanol–water partition coefficient (Wildman–Crippen LogP) is 5.62. The maximum absolute atomic E-state index is 15.0. The zero-order valence-electron chi connectivity index (χ0n) is 23.0. The number of rotatable bonds is 9. The molecule has 0 spiro atoms. The van der Waals surface area contributed by atoms with Crippen LogP contribution in [0, 0.1) is 12.7 Å². The summed E-state index contributed by atoms with van der Waals surface area (Å²) >= 11 is 13.9. The maximum atomic E-state index is 15.0. The number of nitrogens with zero attached hydrogens (tertiary/aromatic N) is 7. The van der Waals surface area contributed by atoms with E-state index in [0.717, 1.165) is 10.7 Å². The predicted molar refractivity (Wildman–Crippen MR) is 163 cm³/mol. The van der Waals surface area contributed by atoms with Gasteiger partial charge in [-0.15, -0.1) is 21.5 Å². The highest BCUT2D eigenvalue weighted by Gasteiger charge is 2.21. The molecule has 3 heterocycles. The molecule has 44 heavy (non-hydrogen) atoms. The van der Waals surface area contributed by atoms with Crippen molar-refractivity contribution in [3.05, 3.63) is 98.2 Å². The van der Waals surface area contributed by atoms with Gasteiger partial charge in [0.05, 0.1) is 34.6 Å². The number of anilines is 1. The van der Waals surface area contributed by atoms with Crippen molar-refractivity contribution >= 4 is 58.3 Å². The summed E-state index contributed by atoms with van der Waals surface area (Å²) in [6.07, 6.45) is 3.48. The van der Waals surface area contributed by atoms with Gasteiger partial charge in [0.2, 0.25) is 5.91 Å². The molecule has 2 N–H and O–H groups in total. The monoisotopic (exact) mass is 653 g/mol. The van der Waals surface area contributed by atoms with Crippen LogP contribution in [-0.4, -0.2) is 54.5 Å². The number of methoxy groups -OCH3 is 1. The van der Waals surface area contributed by atoms with E-state index in [0.29, 0.717) is 28.9 Å². The first-order chi connectivity index (χ1) is 21.2. The summed E-state index contributed by atoms with van der Waals surface area (Å²) in [6.45, 7) is 1.87. The van der Waals surface area contributed by atoms with Gasteiger partial charge in [-0.05, 0) is 59.3 Å². The highest BCUT2D eigenvalue weighted by atomic mass is 35.5. The summed E-state index contributed by atoms with van der Waals surface area (Å²) in [6, 6.07) is 10.8. The van der Waals surface area contributed by atoms with Crippen molar-refractivity contribution in [1.29, 1.82) is 0 Å². The average molecular weight is 655 g/mol. The van der Waals surface area contributed by atoms with E-state index in [9.17, 15) is 9.59 Å². The van der Waals surface area contributed by atoms with Crippen molar-refractivity contribution in [2.24, 2.45) is 0 Å². The number of carbonyl (C=O) groups is 2. The first kappa shape index (κ1) is 30.7. The molecule has 0 aliphatic carbocycles. The fraction of sp³-hybridized carbons (Fsp3) is 0.143. The van der Waals surface area contributed by atoms with E-state index in [4.69, 9.17) is 23.2 Å². The fourth-order valence-corrected chi connectivity index (χ4v) is 5.32. The molecule has 0 saturated heterocycles. The molecule has 0 fully saturated rings. The standard InChI is InChI=1S/C28H22Cl2FN9O3S/c1-15-13-44-25(33-15)12-21(22-11-19(27(30)37-36-22)16-3-5-17(6-4-16)34-28(42)43-2)35-24(41)10-7-18-23(40-14-32-38-39-40)9-8-20(29)26(18)31/h3-11,13-14,21H,12H2,1-2H3,(H,34,42)(H,35,41). The number of carbonyl (C=O) groups excluding carboxylic acids is 2. The largest absolute Gasteiger partial charge is 0.453 e. The van der Waals surface area contributed by atoms with Gasteiger partial charge < -0.3 is 10.1 Å². The van der Waals surface area contributed by atoms with Crippen LogP contribution in [0.2, 0.25) is 10.2 Å². The number of tetrazole rings is 1. The van der Waals surface area contributed by atoms with Crippen LogP contribution in [0.4, 0.5) is 14.9 Å². The van der Waals surface area contributed by atoms with Crippen molar-refractivity contribution in [3.8, 4) is 16.8 Å². The number of aromatic nitrogens is 7. The quantitative estimate of drug-likeness (QED) is 0.193. The van der Waals surface area contributed by atoms with Gasteiger partial charge in [-0.2, -0.15) is 9.78 Å². The summed E-state index contributed by atoms with van der Waals surface area (Å²) in [4.78, 5) is 29.3. The van der Waals surface area contributed by atoms with Gasteiger partial charge in [0.1, 0.15) is 6.33 Å². The van der Waals surface area contributed by atoms with Crippen LogP contribution in [-0.2, 0) is 16.0 Å². The van der Waals surface area contributed by atoms with Crippen LogP contribution in [0.25, 0.3) is 22.9 Å². The number of ether oxygens (including phenoxy) is 1. The molecule has 1 unspecified atom stereocenters. The SMILES string of the molecule is COC(=O)Nc1ccc(-c2cc(C(Cc3nc(C)cs3)NC(=O)C=Cc3c(-n4cnnn4)ccc(Cl)c3F)nnc2Cl)cc1. The molecule has 0 radical (unpaired) electrons. The lowest BCUT2D eigenvalue weighted by molar-refractivity contribution is -0.117. The Balaban J connectivity index is 1.44. The number of hydrogen-bond donors (Lipinski definition) is 2. The number of benzene rings is 2. The van der Waals surface area contributed by atoms with E-state index in [-0.39, 0.29) is 21.4 Å². The van der Waals surface area contributed by atoms with Gasteiger partial charge in [0.15, 0.2) is 11.0 Å². The molecule has 0 saturated carbocycles. The summed E-state index contributed by atoms with van der Waals surface area (Å²) in [5.74, 6) is -1.28. The molecule has 0 bridgehead atoms. The lowest BCUT2D eigenvalue weighted by atomic mass is 10.0. The van der Waals surface area contributed by atoms with E-state index in [1.54, 1.807) is 30.3 Å². The van der Waals surface area contributed by atoms with E-state index in [1.807, 2.05) is 12.3 Å². The Morgan fingerprint density at radius 2 is 1.95 bits per heavy atom. The van der Waals surface area contributed by atoms with Crippen LogP contribution in [0.3, 0.4) is 0 Å². The van der Waals surface area contributed by atoms with Gasteiger partial charge in [-0.3, -0.25) is 10.1 Å². The number of thiazole rings is 1. The molecule has 5 aromatic rings. The third kappa shape index (κ3) is 7.22. The molecule has 0 aliphatic rings. The Morgan fingerprint density at radius 3 is 2.64 bits per heavy atom. The van der Waals surface area contributed by atoms with Crippen molar-refractivity contribution in [2.75, 3.05) is 12.4 Å². The Bertz CT molecular complexity index is 1830. The number of hydrogen-bond acceptors (Lipinski definition) is 10. The normalized spacial score (nSPS) is 11.8. The fourth-order valence-electron chi connectivity index (χ4n) is 4.13. The van der Waals surface area contributed by atoms with Gasteiger partial charge in [-0.1, -0.05) is 35.3 Å². The zero-order chi connectivity index (χ0) is 31.2. The number of halogens is 3. The second-order valence-corrected chi connectivity index (χ2v) is 10.9. The van der Waals surface area contributed by atoms with Crippen molar-refractivity contribution in [2.45, 2.75) is 19.4 Å². The molecule has 2 amide bonds. The lowest BCUT2D eigenvalue weighted by Gasteiger charge is -2.17. The third-order valence-electron chi connectivity index (χ3n) is 6.22. The van der Waals surface area contributed by atoms with Crippen LogP contribution < -0.4 is 10.6 Å². The van der Waals surface area contributed by atoms with Crippen molar-refractivity contribution < 1.29 is 18.7 Å². The summed E-state index contributed by atoms with van der Waals surface area (Å²) in [5, 5.41) is 27.5. The van der Waals surface area contributed by atoms with Gasteiger partial charge in [-0.25, -0.2) is 14.2 Å². The topological polar surface area (TPSA) is 150 Å². The zero-order valence-corrected chi connectivity index (χ0v) is 25.4. The number of nitrogens with one attached hydrogen (secondary N) is 2. The Labute approximate surface area is 263 Å². The molecule has 2 aromatic carbocycles. The highest BCUT2D eigenvalue weighted by Crippen LogP contribution is 2.30. The lowest BCUT2D eigenvalue weighted by Crippen LogP contribution is -2.29. The summed E-state index contributed by atoms with van der Waals surface area (Å²) in [7, 11) is 1.27. The molecule has 16 heteroatoms.